The smallest absolute Gasteiger partial charge is 0.322 e. The molecule has 7 heteroatoms. The largest absolute Gasteiger partial charge is 0.345 e. The lowest BCUT2D eigenvalue weighted by Crippen LogP contribution is -2.33. The SMILES string of the molecule is CN(CCc1ccccn1)C(=O)CC[C@@H]1NC(=O)NC1=O. The number of likely N-dealkylation sites (N-methyl/N-ethyl adjacent to an activating group) is 1. The maximum Gasteiger partial charge on any atom is 0.322 e. The predicted molar refractivity (Wildman–Crippen MR) is 75.3 cm³/mol. The number of hydrogen-bond donors (Lipinski definition) is 2. The molecule has 1 saturated heterocycles. The van der Waals surface area contributed by atoms with Crippen molar-refractivity contribution in [2.45, 2.75) is 25.3 Å². The van der Waals surface area contributed by atoms with E-state index in [2.05, 4.69) is 15.6 Å². The number of nitrogens with one attached hydrogen (secondary N) is 2. The second-order valence-electron chi connectivity index (χ2n) is 4.94. The highest BCUT2D eigenvalue weighted by atomic mass is 16.2. The second-order valence-corrected chi connectivity index (χ2v) is 4.94. The third-order valence-corrected chi connectivity index (χ3v) is 3.36. The molecule has 0 aliphatic carbocycles. The first kappa shape index (κ1) is 15.0. The van der Waals surface area contributed by atoms with Crippen molar-refractivity contribution in [2.75, 3.05) is 13.6 Å². The number of aromatic nitrogens is 1. The van der Waals surface area contributed by atoms with Gasteiger partial charge in [0.25, 0.3) is 5.91 Å². The molecule has 1 aromatic rings. The molecule has 2 rings (SSSR count). The number of nitrogens with zero attached hydrogens (tertiary/aromatic N) is 2. The highest BCUT2D eigenvalue weighted by Crippen LogP contribution is 2.05. The lowest BCUT2D eigenvalue weighted by Gasteiger charge is -2.17. The molecule has 1 aromatic heterocycles. The van der Waals surface area contributed by atoms with Gasteiger partial charge in [-0.05, 0) is 18.6 Å². The summed E-state index contributed by atoms with van der Waals surface area (Å²) < 4.78 is 0. The molecular weight excluding hydrogens is 272 g/mol. The van der Waals surface area contributed by atoms with E-state index in [4.69, 9.17) is 0 Å². The molecule has 112 valence electrons. The highest BCUT2D eigenvalue weighted by Gasteiger charge is 2.29. The molecule has 21 heavy (non-hydrogen) atoms. The number of hydrogen-bond acceptors (Lipinski definition) is 4. The van der Waals surface area contributed by atoms with Crippen LogP contribution < -0.4 is 10.6 Å². The minimum absolute atomic E-state index is 0.0557. The van der Waals surface area contributed by atoms with E-state index in [1.807, 2.05) is 18.2 Å². The van der Waals surface area contributed by atoms with E-state index >= 15 is 0 Å². The Bertz CT molecular complexity index is 532. The summed E-state index contributed by atoms with van der Waals surface area (Å²) in [6.45, 7) is 0.569. The van der Waals surface area contributed by atoms with Crippen LogP contribution in [0.3, 0.4) is 0 Å². The number of carbonyl (C=O) groups is 3. The maximum absolute atomic E-state index is 12.0. The van der Waals surface area contributed by atoms with Gasteiger partial charge in [-0.15, -0.1) is 0 Å². The van der Waals surface area contributed by atoms with Crippen molar-refractivity contribution in [3.05, 3.63) is 30.1 Å². The molecular formula is C14H18N4O3. The van der Waals surface area contributed by atoms with Gasteiger partial charge < -0.3 is 10.2 Å². The van der Waals surface area contributed by atoms with Gasteiger partial charge in [0.1, 0.15) is 6.04 Å². The minimum Gasteiger partial charge on any atom is -0.345 e. The average molecular weight is 290 g/mol. The van der Waals surface area contributed by atoms with Crippen LogP contribution in [-0.2, 0) is 16.0 Å². The van der Waals surface area contributed by atoms with E-state index in [1.54, 1.807) is 18.1 Å². The number of imide groups is 1. The zero-order chi connectivity index (χ0) is 15.2. The molecule has 0 radical (unpaired) electrons. The molecule has 0 spiro atoms. The van der Waals surface area contributed by atoms with Gasteiger partial charge in [0, 0.05) is 38.3 Å². The van der Waals surface area contributed by atoms with Crippen molar-refractivity contribution < 1.29 is 14.4 Å². The first-order valence-corrected chi connectivity index (χ1v) is 6.81. The summed E-state index contributed by atoms with van der Waals surface area (Å²) in [4.78, 5) is 40.1. The number of carbonyl (C=O) groups excluding carboxylic acids is 3. The molecule has 1 atom stereocenters. The van der Waals surface area contributed by atoms with Gasteiger partial charge >= 0.3 is 6.03 Å². The second kappa shape index (κ2) is 6.83. The van der Waals surface area contributed by atoms with Gasteiger partial charge in [-0.2, -0.15) is 0 Å². The Kier molecular flexibility index (Phi) is 4.86. The van der Waals surface area contributed by atoms with E-state index in [0.717, 1.165) is 5.69 Å². The lowest BCUT2D eigenvalue weighted by atomic mass is 10.1. The fraction of sp³-hybridized carbons (Fsp3) is 0.429. The summed E-state index contributed by atoms with van der Waals surface area (Å²) in [5.74, 6) is -0.427. The first-order chi connectivity index (χ1) is 10.1. The van der Waals surface area contributed by atoms with Gasteiger partial charge in [0.2, 0.25) is 5.91 Å². The summed E-state index contributed by atoms with van der Waals surface area (Å²) >= 11 is 0. The molecule has 2 N–H and O–H groups in total. The van der Waals surface area contributed by atoms with Gasteiger partial charge in [-0.1, -0.05) is 6.07 Å². The Balaban J connectivity index is 1.72. The monoisotopic (exact) mass is 290 g/mol. The van der Waals surface area contributed by atoms with Gasteiger partial charge in [0.15, 0.2) is 0 Å². The Morgan fingerprint density at radius 2 is 2.19 bits per heavy atom. The Labute approximate surface area is 122 Å². The highest BCUT2D eigenvalue weighted by molar-refractivity contribution is 6.04. The minimum atomic E-state index is -0.606. The summed E-state index contributed by atoms with van der Waals surface area (Å²) in [7, 11) is 1.72. The molecule has 1 fully saturated rings. The van der Waals surface area contributed by atoms with Crippen LogP contribution in [-0.4, -0.2) is 47.4 Å². The standard InChI is InChI=1S/C14H18N4O3/c1-18(9-7-10-4-2-3-8-15-10)12(19)6-5-11-13(20)17-14(21)16-11/h2-4,8,11H,5-7,9H2,1H3,(H2,16,17,20,21)/t11-/m0/s1. The number of urea groups is 1. The van der Waals surface area contributed by atoms with E-state index in [0.29, 0.717) is 19.4 Å². The van der Waals surface area contributed by atoms with E-state index in [-0.39, 0.29) is 18.2 Å². The van der Waals surface area contributed by atoms with Crippen molar-refractivity contribution in [1.82, 2.24) is 20.5 Å². The van der Waals surface area contributed by atoms with Crippen LogP contribution in [0.25, 0.3) is 0 Å². The van der Waals surface area contributed by atoms with Crippen LogP contribution in [0.2, 0.25) is 0 Å². The Morgan fingerprint density at radius 1 is 1.38 bits per heavy atom. The molecule has 4 amide bonds. The molecule has 2 heterocycles. The molecule has 7 nitrogen and oxygen atoms in total. The third-order valence-electron chi connectivity index (χ3n) is 3.36. The van der Waals surface area contributed by atoms with Crippen LogP contribution >= 0.6 is 0 Å². The quantitative estimate of drug-likeness (QED) is 0.725. The molecule has 1 aliphatic heterocycles. The molecule has 0 aromatic carbocycles. The number of pyridine rings is 1. The first-order valence-electron chi connectivity index (χ1n) is 6.81. The van der Waals surface area contributed by atoms with E-state index in [1.165, 1.54) is 0 Å². The predicted octanol–water partition coefficient (Wildman–Crippen LogP) is 0.0707. The van der Waals surface area contributed by atoms with Crippen molar-refractivity contribution in [1.29, 1.82) is 0 Å². The van der Waals surface area contributed by atoms with Crippen LogP contribution in [0.4, 0.5) is 4.79 Å². The van der Waals surface area contributed by atoms with Gasteiger partial charge in [-0.25, -0.2) is 4.79 Å². The lowest BCUT2D eigenvalue weighted by molar-refractivity contribution is -0.130. The van der Waals surface area contributed by atoms with Crippen LogP contribution in [0.15, 0.2) is 24.4 Å². The Hall–Kier alpha value is -2.44. The normalized spacial score (nSPS) is 17.3. The van der Waals surface area contributed by atoms with Gasteiger partial charge in [0.05, 0.1) is 0 Å². The zero-order valence-electron chi connectivity index (χ0n) is 11.8. The Morgan fingerprint density at radius 3 is 2.81 bits per heavy atom. The van der Waals surface area contributed by atoms with E-state index in [9.17, 15) is 14.4 Å². The maximum atomic E-state index is 12.0. The number of amides is 4. The average Bonchev–Trinajstić information content (AvgIpc) is 2.81. The fourth-order valence-corrected chi connectivity index (χ4v) is 2.07. The molecule has 0 bridgehead atoms. The molecule has 1 aliphatic rings. The summed E-state index contributed by atoms with van der Waals surface area (Å²) in [6, 6.07) is 4.56. The third kappa shape index (κ3) is 4.27. The van der Waals surface area contributed by atoms with Crippen LogP contribution in [0.5, 0.6) is 0 Å². The molecule has 0 saturated carbocycles. The van der Waals surface area contributed by atoms with Crippen molar-refractivity contribution in [3.8, 4) is 0 Å². The van der Waals surface area contributed by atoms with E-state index < -0.39 is 12.1 Å². The van der Waals surface area contributed by atoms with Crippen molar-refractivity contribution in [2.24, 2.45) is 0 Å². The molecule has 0 unspecified atom stereocenters. The fourth-order valence-electron chi connectivity index (χ4n) is 2.07. The van der Waals surface area contributed by atoms with Crippen LogP contribution in [0, 0.1) is 0 Å². The zero-order valence-corrected chi connectivity index (χ0v) is 11.8. The summed E-state index contributed by atoms with van der Waals surface area (Å²) in [6.07, 6.45) is 2.93. The van der Waals surface area contributed by atoms with Crippen molar-refractivity contribution in [3.63, 3.8) is 0 Å². The van der Waals surface area contributed by atoms with Crippen LogP contribution in [0.1, 0.15) is 18.5 Å². The van der Waals surface area contributed by atoms with Gasteiger partial charge in [-0.3, -0.25) is 19.9 Å². The van der Waals surface area contributed by atoms with Crippen molar-refractivity contribution >= 4 is 17.8 Å². The number of rotatable bonds is 6. The summed E-state index contributed by atoms with van der Waals surface area (Å²) in [5.41, 5.74) is 0.930. The topological polar surface area (TPSA) is 91.4 Å². The summed E-state index contributed by atoms with van der Waals surface area (Å²) in [5, 5.41) is 4.62.